The van der Waals surface area contributed by atoms with E-state index in [9.17, 15) is 0 Å². The molecule has 0 saturated carbocycles. The highest BCUT2D eigenvalue weighted by Gasteiger charge is 2.02. The molecule has 0 amide bonds. The molecule has 0 spiro atoms. The van der Waals surface area contributed by atoms with E-state index in [1.54, 1.807) is 0 Å². The molecular weight excluding hydrogens is 218 g/mol. The fourth-order valence-electron chi connectivity index (χ4n) is 1.36. The molecule has 4 heteroatoms. The van der Waals surface area contributed by atoms with Gasteiger partial charge in [0.2, 0.25) is 0 Å². The van der Waals surface area contributed by atoms with Gasteiger partial charge in [0.05, 0.1) is 5.71 Å². The molecule has 1 aromatic carbocycles. The summed E-state index contributed by atoms with van der Waals surface area (Å²) in [7, 11) is 0. The molecule has 0 aliphatic heterocycles. The van der Waals surface area contributed by atoms with E-state index in [1.807, 2.05) is 30.3 Å². The first-order valence-corrected chi connectivity index (χ1v) is 5.82. The number of nitrogens with zero attached hydrogens (tertiary/aromatic N) is 1. The van der Waals surface area contributed by atoms with Crippen LogP contribution < -0.4 is 11.2 Å². The lowest BCUT2D eigenvalue weighted by atomic mass is 10.1. The van der Waals surface area contributed by atoms with Crippen molar-refractivity contribution in [2.45, 2.75) is 26.2 Å². The summed E-state index contributed by atoms with van der Waals surface area (Å²) >= 11 is 4.74. The van der Waals surface area contributed by atoms with Gasteiger partial charge in [-0.2, -0.15) is 5.10 Å². The van der Waals surface area contributed by atoms with E-state index in [0.29, 0.717) is 0 Å². The highest BCUT2D eigenvalue weighted by Crippen LogP contribution is 2.07. The molecule has 1 aromatic rings. The molecule has 0 aromatic heterocycles. The minimum absolute atomic E-state index is 0.199. The molecule has 3 N–H and O–H groups in total. The fourth-order valence-corrected chi connectivity index (χ4v) is 1.41. The minimum atomic E-state index is 0.199. The summed E-state index contributed by atoms with van der Waals surface area (Å²) in [6.07, 6.45) is 3.17. The molecule has 0 radical (unpaired) electrons. The quantitative estimate of drug-likeness (QED) is 0.468. The van der Waals surface area contributed by atoms with Crippen LogP contribution in [0.5, 0.6) is 0 Å². The largest absolute Gasteiger partial charge is 0.375 e. The van der Waals surface area contributed by atoms with Gasteiger partial charge in [0.25, 0.3) is 0 Å². The number of nitrogens with two attached hydrogens (primary N) is 1. The summed E-state index contributed by atoms with van der Waals surface area (Å²) in [5.74, 6) is 0. The van der Waals surface area contributed by atoms with E-state index in [2.05, 4.69) is 17.5 Å². The average molecular weight is 235 g/mol. The number of benzene rings is 1. The van der Waals surface area contributed by atoms with Gasteiger partial charge in [-0.15, -0.1) is 0 Å². The SMILES string of the molecule is CCCC/C(=N\NC(N)=S)c1ccccc1. The lowest BCUT2D eigenvalue weighted by Crippen LogP contribution is -2.25. The molecule has 0 aliphatic carbocycles. The van der Waals surface area contributed by atoms with Gasteiger partial charge in [0.15, 0.2) is 5.11 Å². The van der Waals surface area contributed by atoms with Crippen molar-refractivity contribution < 1.29 is 0 Å². The van der Waals surface area contributed by atoms with Crippen LogP contribution in [0.1, 0.15) is 31.7 Å². The highest BCUT2D eigenvalue weighted by molar-refractivity contribution is 7.80. The molecule has 0 heterocycles. The number of rotatable bonds is 5. The van der Waals surface area contributed by atoms with Gasteiger partial charge in [-0.1, -0.05) is 43.7 Å². The Morgan fingerprint density at radius 2 is 2.06 bits per heavy atom. The zero-order valence-corrected chi connectivity index (χ0v) is 10.3. The van der Waals surface area contributed by atoms with Gasteiger partial charge < -0.3 is 5.73 Å². The van der Waals surface area contributed by atoms with Crippen LogP contribution in [0, 0.1) is 0 Å². The maximum atomic E-state index is 5.36. The van der Waals surface area contributed by atoms with Crippen LogP contribution in [0.25, 0.3) is 0 Å². The van der Waals surface area contributed by atoms with Crippen LogP contribution in [-0.4, -0.2) is 10.8 Å². The Bertz CT molecular complexity index is 360. The third-order valence-electron chi connectivity index (χ3n) is 2.18. The maximum Gasteiger partial charge on any atom is 0.184 e. The van der Waals surface area contributed by atoms with Crippen molar-refractivity contribution in [3.8, 4) is 0 Å². The Morgan fingerprint density at radius 1 is 1.38 bits per heavy atom. The van der Waals surface area contributed by atoms with E-state index in [-0.39, 0.29) is 5.11 Å². The summed E-state index contributed by atoms with van der Waals surface area (Å²) < 4.78 is 0. The number of nitrogens with one attached hydrogen (secondary N) is 1. The van der Waals surface area contributed by atoms with Gasteiger partial charge in [0, 0.05) is 0 Å². The van der Waals surface area contributed by atoms with Gasteiger partial charge in [-0.3, -0.25) is 5.43 Å². The number of hydrogen-bond donors (Lipinski definition) is 2. The van der Waals surface area contributed by atoms with Crippen molar-refractivity contribution in [3.63, 3.8) is 0 Å². The van der Waals surface area contributed by atoms with Crippen LogP contribution in [0.2, 0.25) is 0 Å². The van der Waals surface area contributed by atoms with E-state index in [0.717, 1.165) is 30.5 Å². The predicted octanol–water partition coefficient (Wildman–Crippen LogP) is 2.41. The van der Waals surface area contributed by atoms with Crippen LogP contribution in [-0.2, 0) is 0 Å². The molecular formula is C12H17N3S. The lowest BCUT2D eigenvalue weighted by Gasteiger charge is -2.06. The van der Waals surface area contributed by atoms with E-state index in [4.69, 9.17) is 18.0 Å². The third-order valence-corrected chi connectivity index (χ3v) is 2.27. The van der Waals surface area contributed by atoms with Crippen LogP contribution >= 0.6 is 12.2 Å². The summed E-state index contributed by atoms with van der Waals surface area (Å²) in [6, 6.07) is 10.1. The fraction of sp³-hybridized carbons (Fsp3) is 0.333. The number of unbranched alkanes of at least 4 members (excludes halogenated alkanes) is 1. The second-order valence-electron chi connectivity index (χ2n) is 3.50. The van der Waals surface area contributed by atoms with Gasteiger partial charge in [0.1, 0.15) is 0 Å². The second kappa shape index (κ2) is 6.95. The molecule has 0 atom stereocenters. The molecule has 1 rings (SSSR count). The Kier molecular flexibility index (Phi) is 5.50. The third kappa shape index (κ3) is 4.40. The van der Waals surface area contributed by atoms with Crippen molar-refractivity contribution in [2.75, 3.05) is 0 Å². The normalized spacial score (nSPS) is 11.2. The van der Waals surface area contributed by atoms with Crippen molar-refractivity contribution in [3.05, 3.63) is 35.9 Å². The van der Waals surface area contributed by atoms with Gasteiger partial charge in [-0.05, 0) is 30.6 Å². The first kappa shape index (κ1) is 12.6. The average Bonchev–Trinajstić information content (AvgIpc) is 2.30. The number of hydrazone groups is 1. The molecule has 0 saturated heterocycles. The van der Waals surface area contributed by atoms with E-state index >= 15 is 0 Å². The molecule has 0 fully saturated rings. The monoisotopic (exact) mass is 235 g/mol. The molecule has 0 aliphatic rings. The zero-order chi connectivity index (χ0) is 11.8. The van der Waals surface area contributed by atoms with Crippen molar-refractivity contribution in [2.24, 2.45) is 10.8 Å². The van der Waals surface area contributed by atoms with Crippen LogP contribution in [0.15, 0.2) is 35.4 Å². The van der Waals surface area contributed by atoms with E-state index in [1.165, 1.54) is 0 Å². The summed E-state index contributed by atoms with van der Waals surface area (Å²) in [5, 5.41) is 4.43. The molecule has 0 unspecified atom stereocenters. The van der Waals surface area contributed by atoms with Crippen molar-refractivity contribution in [1.82, 2.24) is 5.43 Å². The lowest BCUT2D eigenvalue weighted by molar-refractivity contribution is 0.828. The second-order valence-corrected chi connectivity index (χ2v) is 3.94. The van der Waals surface area contributed by atoms with Crippen molar-refractivity contribution in [1.29, 1.82) is 0 Å². The van der Waals surface area contributed by atoms with E-state index < -0.39 is 0 Å². The molecule has 0 bridgehead atoms. The van der Waals surface area contributed by atoms with Crippen LogP contribution in [0.3, 0.4) is 0 Å². The van der Waals surface area contributed by atoms with Gasteiger partial charge >= 0.3 is 0 Å². The zero-order valence-electron chi connectivity index (χ0n) is 9.44. The molecule has 86 valence electrons. The molecule has 3 nitrogen and oxygen atoms in total. The van der Waals surface area contributed by atoms with Gasteiger partial charge in [-0.25, -0.2) is 0 Å². The first-order chi connectivity index (χ1) is 7.74. The number of thiocarbonyl (C=S) groups is 1. The number of hydrogen-bond acceptors (Lipinski definition) is 2. The van der Waals surface area contributed by atoms with Crippen molar-refractivity contribution >= 4 is 23.0 Å². The Morgan fingerprint density at radius 3 is 2.62 bits per heavy atom. The van der Waals surface area contributed by atoms with Crippen LogP contribution in [0.4, 0.5) is 0 Å². The summed E-state index contributed by atoms with van der Waals surface area (Å²) in [4.78, 5) is 0. The highest BCUT2D eigenvalue weighted by atomic mass is 32.1. The first-order valence-electron chi connectivity index (χ1n) is 5.41. The summed E-state index contributed by atoms with van der Waals surface area (Å²) in [5.41, 5.74) is 10.1. The topological polar surface area (TPSA) is 50.4 Å². The maximum absolute atomic E-state index is 5.36. The summed E-state index contributed by atoms with van der Waals surface area (Å²) in [6.45, 7) is 2.16. The molecule has 16 heavy (non-hydrogen) atoms. The minimum Gasteiger partial charge on any atom is -0.375 e. The Balaban J connectivity index is 2.78. The smallest absolute Gasteiger partial charge is 0.184 e. The Labute approximate surface area is 102 Å². The predicted molar refractivity (Wildman–Crippen MR) is 72.4 cm³/mol. The standard InChI is InChI=1S/C12H17N3S/c1-2-3-9-11(14-15-12(13)16)10-7-5-4-6-8-10/h4-8H,2-3,9H2,1H3,(H3,13,15,16)/b14-11+. The Hall–Kier alpha value is -1.42.